The molecular weight excluding hydrogens is 325 g/mol. The molecule has 0 saturated carbocycles. The summed E-state index contributed by atoms with van der Waals surface area (Å²) in [5.74, 6) is -0.784. The molecule has 0 N–H and O–H groups in total. The van der Waals surface area contributed by atoms with Crippen LogP contribution in [0.15, 0.2) is 52.8 Å². The molecule has 0 aliphatic carbocycles. The lowest BCUT2D eigenvalue weighted by Crippen LogP contribution is -2.04. The van der Waals surface area contributed by atoms with E-state index >= 15 is 0 Å². The predicted octanol–water partition coefficient (Wildman–Crippen LogP) is 3.48. The number of hydrogen-bond donors (Lipinski definition) is 0. The van der Waals surface area contributed by atoms with Gasteiger partial charge in [0.1, 0.15) is 23.2 Å². The number of ether oxygens (including phenoxy) is 1. The highest BCUT2D eigenvalue weighted by Crippen LogP contribution is 2.26. The topological polar surface area (TPSA) is 92.1 Å². The van der Waals surface area contributed by atoms with Crippen molar-refractivity contribution in [1.29, 1.82) is 5.26 Å². The van der Waals surface area contributed by atoms with Crippen molar-refractivity contribution in [2.45, 2.75) is 6.42 Å². The summed E-state index contributed by atoms with van der Waals surface area (Å²) in [6, 6.07) is 11.4. The number of hydrogen-bond acceptors (Lipinski definition) is 6. The van der Waals surface area contributed by atoms with Crippen molar-refractivity contribution in [3.8, 4) is 6.07 Å². The van der Waals surface area contributed by atoms with Gasteiger partial charge in [0, 0.05) is 6.20 Å². The number of halogens is 1. The van der Waals surface area contributed by atoms with Crippen molar-refractivity contribution in [1.82, 2.24) is 9.38 Å². The second-order valence-electron chi connectivity index (χ2n) is 5.04. The molecule has 3 aromatic rings. The van der Waals surface area contributed by atoms with Gasteiger partial charge in [-0.3, -0.25) is 9.20 Å². The SMILES string of the molecule is COC(=O)Cc1nc2ccc(F)cn2c1N=Nc1ccccc1C#N. The van der Waals surface area contributed by atoms with E-state index in [0.29, 0.717) is 22.6 Å². The number of esters is 1. The van der Waals surface area contributed by atoms with Crippen LogP contribution in [0.1, 0.15) is 11.3 Å². The lowest BCUT2D eigenvalue weighted by molar-refractivity contribution is -0.139. The molecule has 0 amide bonds. The van der Waals surface area contributed by atoms with Gasteiger partial charge in [0.25, 0.3) is 0 Å². The third-order valence-electron chi connectivity index (χ3n) is 3.44. The molecule has 0 atom stereocenters. The van der Waals surface area contributed by atoms with Gasteiger partial charge in [-0.05, 0) is 24.3 Å². The molecule has 2 aromatic heterocycles. The van der Waals surface area contributed by atoms with Crippen LogP contribution in [-0.2, 0) is 16.0 Å². The first-order valence-corrected chi connectivity index (χ1v) is 7.26. The van der Waals surface area contributed by atoms with Gasteiger partial charge in [-0.15, -0.1) is 10.2 Å². The second-order valence-corrected chi connectivity index (χ2v) is 5.04. The molecule has 0 fully saturated rings. The third-order valence-corrected chi connectivity index (χ3v) is 3.44. The Morgan fingerprint density at radius 2 is 2.12 bits per heavy atom. The fourth-order valence-electron chi connectivity index (χ4n) is 2.25. The summed E-state index contributed by atoms with van der Waals surface area (Å²) in [6.07, 6.45) is 1.07. The van der Waals surface area contributed by atoms with E-state index < -0.39 is 11.8 Å². The van der Waals surface area contributed by atoms with E-state index in [1.807, 2.05) is 6.07 Å². The van der Waals surface area contributed by atoms with E-state index in [0.717, 1.165) is 0 Å². The molecule has 0 saturated heterocycles. The number of imidazole rings is 1. The molecule has 2 heterocycles. The quantitative estimate of drug-likeness (QED) is 0.538. The minimum Gasteiger partial charge on any atom is -0.469 e. The lowest BCUT2D eigenvalue weighted by atomic mass is 10.2. The van der Waals surface area contributed by atoms with Crippen molar-refractivity contribution in [2.75, 3.05) is 7.11 Å². The molecule has 124 valence electrons. The third kappa shape index (κ3) is 3.35. The Bertz CT molecular complexity index is 1020. The van der Waals surface area contributed by atoms with Gasteiger partial charge in [-0.2, -0.15) is 5.26 Å². The minimum atomic E-state index is -0.502. The summed E-state index contributed by atoms with van der Waals surface area (Å²) >= 11 is 0. The van der Waals surface area contributed by atoms with Gasteiger partial charge in [0.2, 0.25) is 0 Å². The van der Waals surface area contributed by atoms with Crippen LogP contribution < -0.4 is 0 Å². The fourth-order valence-corrected chi connectivity index (χ4v) is 2.25. The predicted molar refractivity (Wildman–Crippen MR) is 86.2 cm³/mol. The van der Waals surface area contributed by atoms with Crippen LogP contribution in [0.25, 0.3) is 5.65 Å². The highest BCUT2D eigenvalue weighted by molar-refractivity contribution is 5.74. The van der Waals surface area contributed by atoms with Gasteiger partial charge in [0.15, 0.2) is 5.82 Å². The molecule has 0 spiro atoms. The average Bonchev–Trinajstić information content (AvgIpc) is 2.96. The van der Waals surface area contributed by atoms with Crippen molar-refractivity contribution in [3.05, 3.63) is 59.7 Å². The Kier molecular flexibility index (Phi) is 4.48. The Labute approximate surface area is 142 Å². The molecule has 25 heavy (non-hydrogen) atoms. The largest absolute Gasteiger partial charge is 0.469 e. The van der Waals surface area contributed by atoms with Crippen LogP contribution in [0.2, 0.25) is 0 Å². The standard InChI is InChI=1S/C17H12FN5O2/c1-25-16(24)8-14-17(23-10-12(18)6-7-15(23)20-14)22-21-13-5-3-2-4-11(13)9-19/h2-7,10H,8H2,1H3. The summed E-state index contributed by atoms with van der Waals surface area (Å²) in [6.45, 7) is 0. The van der Waals surface area contributed by atoms with E-state index in [1.165, 1.54) is 29.8 Å². The summed E-state index contributed by atoms with van der Waals surface area (Å²) in [5.41, 5.74) is 1.43. The van der Waals surface area contributed by atoms with E-state index in [2.05, 4.69) is 19.9 Å². The molecule has 0 bridgehead atoms. The Balaban J connectivity index is 2.11. The number of benzene rings is 1. The summed E-state index contributed by atoms with van der Waals surface area (Å²) < 4.78 is 19.6. The molecule has 8 heteroatoms. The monoisotopic (exact) mass is 337 g/mol. The first kappa shape index (κ1) is 16.3. The van der Waals surface area contributed by atoms with Crippen molar-refractivity contribution in [3.63, 3.8) is 0 Å². The molecule has 0 aliphatic heterocycles. The normalized spacial score (nSPS) is 10.9. The zero-order chi connectivity index (χ0) is 17.8. The fraction of sp³-hybridized carbons (Fsp3) is 0.118. The van der Waals surface area contributed by atoms with E-state index in [1.54, 1.807) is 24.3 Å². The molecular formula is C17H12FN5O2. The van der Waals surface area contributed by atoms with Crippen LogP contribution >= 0.6 is 0 Å². The van der Waals surface area contributed by atoms with E-state index in [9.17, 15) is 9.18 Å². The first-order valence-electron chi connectivity index (χ1n) is 7.26. The molecule has 3 rings (SSSR count). The number of methoxy groups -OCH3 is 1. The van der Waals surface area contributed by atoms with Gasteiger partial charge < -0.3 is 4.74 Å². The van der Waals surface area contributed by atoms with Crippen LogP contribution in [0, 0.1) is 17.1 Å². The summed E-state index contributed by atoms with van der Waals surface area (Å²) in [4.78, 5) is 15.9. The summed E-state index contributed by atoms with van der Waals surface area (Å²) in [5, 5.41) is 17.3. The Morgan fingerprint density at radius 1 is 1.32 bits per heavy atom. The highest BCUT2D eigenvalue weighted by atomic mass is 19.1. The van der Waals surface area contributed by atoms with Gasteiger partial charge in [-0.1, -0.05) is 12.1 Å². The molecule has 0 unspecified atom stereocenters. The molecule has 0 aliphatic rings. The minimum absolute atomic E-state index is 0.131. The number of azo groups is 1. The molecule has 0 radical (unpaired) electrons. The van der Waals surface area contributed by atoms with E-state index in [4.69, 9.17) is 5.26 Å². The van der Waals surface area contributed by atoms with Crippen molar-refractivity contribution < 1.29 is 13.9 Å². The number of rotatable bonds is 4. The van der Waals surface area contributed by atoms with Gasteiger partial charge >= 0.3 is 5.97 Å². The highest BCUT2D eigenvalue weighted by Gasteiger charge is 2.16. The lowest BCUT2D eigenvalue weighted by Gasteiger charge is -2.00. The van der Waals surface area contributed by atoms with Crippen LogP contribution in [-0.4, -0.2) is 22.5 Å². The summed E-state index contributed by atoms with van der Waals surface area (Å²) in [7, 11) is 1.27. The van der Waals surface area contributed by atoms with Gasteiger partial charge in [0.05, 0.1) is 24.8 Å². The maximum atomic E-state index is 13.6. The molecule has 1 aromatic carbocycles. The van der Waals surface area contributed by atoms with E-state index in [-0.39, 0.29) is 12.2 Å². The van der Waals surface area contributed by atoms with Crippen molar-refractivity contribution in [2.24, 2.45) is 10.2 Å². The number of aromatic nitrogens is 2. The maximum Gasteiger partial charge on any atom is 0.311 e. The number of carbonyl (C=O) groups is 1. The van der Waals surface area contributed by atoms with Gasteiger partial charge in [-0.25, -0.2) is 9.37 Å². The Hall–Kier alpha value is -3.60. The number of fused-ring (bicyclic) bond motifs is 1. The second kappa shape index (κ2) is 6.88. The first-order chi connectivity index (χ1) is 12.1. The van der Waals surface area contributed by atoms with Crippen LogP contribution in [0.4, 0.5) is 15.9 Å². The molecule has 7 nitrogen and oxygen atoms in total. The van der Waals surface area contributed by atoms with Crippen molar-refractivity contribution >= 4 is 23.1 Å². The Morgan fingerprint density at radius 3 is 2.88 bits per heavy atom. The average molecular weight is 337 g/mol. The zero-order valence-electron chi connectivity index (χ0n) is 13.2. The number of carbonyl (C=O) groups excluding carboxylic acids is 1. The number of nitriles is 1. The number of pyridine rings is 1. The van der Waals surface area contributed by atoms with Crippen LogP contribution in [0.3, 0.4) is 0 Å². The van der Waals surface area contributed by atoms with Crippen LogP contribution in [0.5, 0.6) is 0 Å². The smallest absolute Gasteiger partial charge is 0.311 e. The maximum absolute atomic E-state index is 13.6. The number of nitrogens with zero attached hydrogens (tertiary/aromatic N) is 5. The zero-order valence-corrected chi connectivity index (χ0v) is 13.2.